The lowest BCUT2D eigenvalue weighted by Crippen LogP contribution is -2.51. The molecule has 1 saturated heterocycles. The van der Waals surface area contributed by atoms with Crippen molar-refractivity contribution in [1.82, 2.24) is 19.8 Å². The van der Waals surface area contributed by atoms with Gasteiger partial charge >= 0.3 is 0 Å². The average molecular weight is 557 g/mol. The van der Waals surface area contributed by atoms with Gasteiger partial charge in [-0.15, -0.1) is 11.3 Å². The number of hydrogen-bond acceptors (Lipinski definition) is 9. The highest BCUT2D eigenvalue weighted by Crippen LogP contribution is 2.46. The highest BCUT2D eigenvalue weighted by molar-refractivity contribution is 7.85. The Morgan fingerprint density at radius 1 is 1.00 bits per heavy atom. The molecule has 1 saturated carbocycles. The lowest BCUT2D eigenvalue weighted by atomic mass is 9.91. The molecule has 0 amide bonds. The Labute approximate surface area is 229 Å². The molecule has 8 nitrogen and oxygen atoms in total. The third kappa shape index (κ3) is 5.89. The minimum Gasteiger partial charge on any atom is -0.474 e. The maximum absolute atomic E-state index is 11.6. The van der Waals surface area contributed by atoms with Crippen molar-refractivity contribution in [3.63, 3.8) is 0 Å². The molecule has 2 aromatic heterocycles. The number of fused-ring (bicyclic) bond motifs is 3. The Kier molecular flexibility index (Phi) is 7.68. The van der Waals surface area contributed by atoms with Gasteiger partial charge in [0.2, 0.25) is 5.88 Å². The van der Waals surface area contributed by atoms with Gasteiger partial charge in [0.05, 0.1) is 18.2 Å². The van der Waals surface area contributed by atoms with Crippen molar-refractivity contribution < 1.29 is 17.3 Å². The number of ether oxygens (including phenoxy) is 1. The lowest BCUT2D eigenvalue weighted by molar-refractivity contribution is 0.0487. The second-order valence-electron chi connectivity index (χ2n) is 10.9. The normalized spacial score (nSPS) is 25.0. The molecule has 3 aliphatic rings. The van der Waals surface area contributed by atoms with Crippen LogP contribution in [0.4, 0.5) is 0 Å². The van der Waals surface area contributed by atoms with Crippen molar-refractivity contribution >= 4 is 31.7 Å². The van der Waals surface area contributed by atoms with E-state index in [0.29, 0.717) is 11.9 Å². The molecule has 38 heavy (non-hydrogen) atoms. The molecule has 0 unspecified atom stereocenters. The van der Waals surface area contributed by atoms with Gasteiger partial charge in [-0.25, -0.2) is 9.97 Å². The summed E-state index contributed by atoms with van der Waals surface area (Å²) in [5.41, 5.74) is 2.52. The molecule has 1 atom stereocenters. The van der Waals surface area contributed by atoms with E-state index in [2.05, 4.69) is 50.1 Å². The van der Waals surface area contributed by atoms with E-state index in [9.17, 15) is 8.42 Å². The second-order valence-corrected chi connectivity index (χ2v) is 13.6. The topological polar surface area (TPSA) is 84.9 Å². The summed E-state index contributed by atoms with van der Waals surface area (Å²) >= 11 is 1.67. The molecule has 10 heteroatoms. The van der Waals surface area contributed by atoms with Crippen LogP contribution in [0.25, 0.3) is 10.2 Å². The third-order valence-electron chi connectivity index (χ3n) is 8.27. The molecule has 0 bridgehead atoms. The smallest absolute Gasteiger partial charge is 0.264 e. The molecule has 2 fully saturated rings. The first-order valence-electron chi connectivity index (χ1n) is 13.7. The van der Waals surface area contributed by atoms with E-state index in [1.807, 2.05) is 0 Å². The molecular formula is C28H36N4O4S2. The van der Waals surface area contributed by atoms with E-state index >= 15 is 0 Å². The number of hydrogen-bond donors (Lipinski definition) is 0. The highest BCUT2D eigenvalue weighted by atomic mass is 32.2. The summed E-state index contributed by atoms with van der Waals surface area (Å²) in [7, 11) is -3.48. The van der Waals surface area contributed by atoms with Crippen molar-refractivity contribution in [3.8, 4) is 5.88 Å². The van der Waals surface area contributed by atoms with Crippen LogP contribution in [0, 0.1) is 0 Å². The maximum atomic E-state index is 11.6. The fourth-order valence-corrected chi connectivity index (χ4v) is 7.96. The fourth-order valence-electron chi connectivity index (χ4n) is 6.32. The van der Waals surface area contributed by atoms with Gasteiger partial charge in [0, 0.05) is 49.6 Å². The van der Waals surface area contributed by atoms with Crippen LogP contribution in [0.3, 0.4) is 0 Å². The number of thiophene rings is 1. The van der Waals surface area contributed by atoms with Crippen LogP contribution in [0.2, 0.25) is 0 Å². The molecule has 204 valence electrons. The first-order chi connectivity index (χ1) is 18.4. The summed E-state index contributed by atoms with van der Waals surface area (Å²) < 4.78 is 34.9. The van der Waals surface area contributed by atoms with Crippen LogP contribution in [0.5, 0.6) is 5.88 Å². The van der Waals surface area contributed by atoms with Crippen molar-refractivity contribution in [3.05, 3.63) is 52.7 Å². The fraction of sp³-hybridized carbons (Fsp3) is 0.571. The van der Waals surface area contributed by atoms with Gasteiger partial charge in [-0.2, -0.15) is 8.42 Å². The van der Waals surface area contributed by atoms with Gasteiger partial charge in [0.15, 0.2) is 0 Å². The second kappa shape index (κ2) is 11.2. The van der Waals surface area contributed by atoms with Crippen LogP contribution in [-0.4, -0.2) is 79.4 Å². The van der Waals surface area contributed by atoms with Gasteiger partial charge in [0.1, 0.15) is 17.3 Å². The number of benzene rings is 1. The molecule has 2 aliphatic carbocycles. The molecule has 1 aromatic carbocycles. The Hall–Kier alpha value is -2.11. The molecule has 0 radical (unpaired) electrons. The summed E-state index contributed by atoms with van der Waals surface area (Å²) in [6, 6.07) is 11.4. The van der Waals surface area contributed by atoms with E-state index in [0.717, 1.165) is 93.3 Å². The van der Waals surface area contributed by atoms with E-state index in [-0.39, 0.29) is 18.6 Å². The molecule has 1 aliphatic heterocycles. The largest absolute Gasteiger partial charge is 0.474 e. The van der Waals surface area contributed by atoms with Crippen molar-refractivity contribution in [2.24, 2.45) is 0 Å². The van der Waals surface area contributed by atoms with Crippen molar-refractivity contribution in [2.45, 2.75) is 63.1 Å². The standard InChI is InChI=1S/C28H36N4O4S2/c1-38(33,34)35-18-21-7-12-24-25(21)26-27(29-19-30-28(26)37-24)36-23-10-8-22(9-11-23)32-15-13-31(14-16-32)17-20-5-3-2-4-6-20/h2-6,19,21-23H,7-18H2,1H3/t21-,22-,23-/m1/s1. The summed E-state index contributed by atoms with van der Waals surface area (Å²) in [4.78, 5) is 16.5. The van der Waals surface area contributed by atoms with Crippen molar-refractivity contribution in [1.29, 1.82) is 0 Å². The quantitative estimate of drug-likeness (QED) is 0.382. The van der Waals surface area contributed by atoms with Gasteiger partial charge in [0.25, 0.3) is 10.1 Å². The summed E-state index contributed by atoms with van der Waals surface area (Å²) in [5.74, 6) is 0.676. The number of aromatic nitrogens is 2. The average Bonchev–Trinajstić information content (AvgIpc) is 3.48. The van der Waals surface area contributed by atoms with Gasteiger partial charge in [-0.1, -0.05) is 30.3 Å². The minimum atomic E-state index is -3.48. The molecular weight excluding hydrogens is 520 g/mol. The Morgan fingerprint density at radius 3 is 2.50 bits per heavy atom. The summed E-state index contributed by atoms with van der Waals surface area (Å²) in [6.45, 7) is 5.71. The zero-order valence-electron chi connectivity index (χ0n) is 21.9. The monoisotopic (exact) mass is 556 g/mol. The number of piperazine rings is 1. The molecule has 3 heterocycles. The first-order valence-corrected chi connectivity index (χ1v) is 16.3. The van der Waals surface area contributed by atoms with Crippen molar-refractivity contribution in [2.75, 3.05) is 39.0 Å². The van der Waals surface area contributed by atoms with Crippen LogP contribution >= 0.6 is 11.3 Å². The van der Waals surface area contributed by atoms with Crippen LogP contribution < -0.4 is 4.74 Å². The minimum absolute atomic E-state index is 0.0260. The number of rotatable bonds is 8. The van der Waals surface area contributed by atoms with Gasteiger partial charge < -0.3 is 4.74 Å². The van der Waals surface area contributed by atoms with E-state index in [1.165, 1.54) is 10.4 Å². The predicted molar refractivity (Wildman–Crippen MR) is 149 cm³/mol. The molecule has 0 spiro atoms. The first kappa shape index (κ1) is 26.1. The van der Waals surface area contributed by atoms with E-state index in [4.69, 9.17) is 8.92 Å². The van der Waals surface area contributed by atoms with E-state index in [1.54, 1.807) is 17.7 Å². The highest BCUT2D eigenvalue weighted by Gasteiger charge is 2.33. The van der Waals surface area contributed by atoms with Crippen LogP contribution in [0.1, 0.15) is 54.0 Å². The summed E-state index contributed by atoms with van der Waals surface area (Å²) in [5, 5.41) is 0.962. The maximum Gasteiger partial charge on any atom is 0.264 e. The Bertz CT molecular complexity index is 1350. The Morgan fingerprint density at radius 2 is 1.76 bits per heavy atom. The van der Waals surface area contributed by atoms with E-state index < -0.39 is 10.1 Å². The van der Waals surface area contributed by atoms with Crippen LogP contribution in [0.15, 0.2) is 36.7 Å². The predicted octanol–water partition coefficient (Wildman–Crippen LogP) is 4.21. The molecule has 0 N–H and O–H groups in total. The van der Waals surface area contributed by atoms with Crippen LogP contribution in [-0.2, 0) is 27.3 Å². The van der Waals surface area contributed by atoms with Gasteiger partial charge in [-0.05, 0) is 49.7 Å². The molecule has 3 aromatic rings. The SMILES string of the molecule is CS(=O)(=O)OC[C@H]1CCc2sc3ncnc(O[C@H]4CC[C@H](N5CCN(Cc6ccccc6)CC5)CC4)c3c21. The lowest BCUT2D eigenvalue weighted by Gasteiger charge is -2.42. The number of nitrogens with zero attached hydrogens (tertiary/aromatic N) is 4. The zero-order chi connectivity index (χ0) is 26.1. The third-order valence-corrected chi connectivity index (χ3v) is 10.0. The molecule has 6 rings (SSSR count). The summed E-state index contributed by atoms with van der Waals surface area (Å²) in [6.07, 6.45) is 8.96. The zero-order valence-corrected chi connectivity index (χ0v) is 23.6. The Balaban J connectivity index is 1.05. The number of aryl methyl sites for hydroxylation is 1. The van der Waals surface area contributed by atoms with Gasteiger partial charge in [-0.3, -0.25) is 14.0 Å².